The maximum absolute atomic E-state index is 11.2. The number of hydrogen-bond donors (Lipinski definition) is 0. The average molecular weight is 284 g/mol. The summed E-state index contributed by atoms with van der Waals surface area (Å²) >= 11 is 0. The van der Waals surface area contributed by atoms with Gasteiger partial charge in [-0.15, -0.1) is 0 Å². The lowest BCUT2D eigenvalue weighted by Gasteiger charge is -2.37. The first kappa shape index (κ1) is 15.6. The predicted octanol–water partition coefficient (Wildman–Crippen LogP) is 4.72. The molecule has 1 aromatic carbocycles. The number of carbonyl (C=O) groups excluding carboxylic acids is 1. The number of rotatable bonds is 4. The molecule has 1 aliphatic rings. The molecule has 0 radical (unpaired) electrons. The van der Waals surface area contributed by atoms with Gasteiger partial charge in [0.1, 0.15) is 11.9 Å². The lowest BCUT2D eigenvalue weighted by atomic mass is 9.71. The van der Waals surface area contributed by atoms with Crippen molar-refractivity contribution in [3.05, 3.63) is 53.6 Å². The molecule has 1 aliphatic carbocycles. The monoisotopic (exact) mass is 284 g/mol. The highest BCUT2D eigenvalue weighted by atomic mass is 16.5. The number of para-hydroxylation sites is 1. The van der Waals surface area contributed by atoms with Crippen molar-refractivity contribution in [1.29, 1.82) is 0 Å². The van der Waals surface area contributed by atoms with Crippen LogP contribution < -0.4 is 4.74 Å². The summed E-state index contributed by atoms with van der Waals surface area (Å²) in [5, 5.41) is 0. The molecule has 0 saturated heterocycles. The van der Waals surface area contributed by atoms with E-state index < -0.39 is 0 Å². The van der Waals surface area contributed by atoms with Crippen molar-refractivity contribution in [3.8, 4) is 5.75 Å². The van der Waals surface area contributed by atoms with Gasteiger partial charge in [0.05, 0.1) is 0 Å². The van der Waals surface area contributed by atoms with E-state index in [9.17, 15) is 4.79 Å². The molecular weight excluding hydrogens is 260 g/mol. The van der Waals surface area contributed by atoms with Crippen LogP contribution >= 0.6 is 0 Å². The largest absolute Gasteiger partial charge is 0.486 e. The Kier molecular flexibility index (Phi) is 4.66. The summed E-state index contributed by atoms with van der Waals surface area (Å²) in [6.07, 6.45) is 5.78. The third-order valence-corrected chi connectivity index (χ3v) is 4.17. The summed E-state index contributed by atoms with van der Waals surface area (Å²) < 4.78 is 6.12. The molecule has 1 atom stereocenters. The van der Waals surface area contributed by atoms with Crippen LogP contribution in [0.3, 0.4) is 0 Å². The van der Waals surface area contributed by atoms with Gasteiger partial charge in [0, 0.05) is 0 Å². The maximum atomic E-state index is 11.2. The van der Waals surface area contributed by atoms with Gasteiger partial charge in [-0.25, -0.2) is 0 Å². The quantitative estimate of drug-likeness (QED) is 0.748. The average Bonchev–Trinajstić information content (AvgIpc) is 2.42. The minimum Gasteiger partial charge on any atom is -0.486 e. The molecule has 2 rings (SSSR count). The van der Waals surface area contributed by atoms with Crippen molar-refractivity contribution in [2.24, 2.45) is 5.41 Å². The molecule has 0 amide bonds. The summed E-state index contributed by atoms with van der Waals surface area (Å²) in [6.45, 7) is 8.17. The van der Waals surface area contributed by atoms with Crippen molar-refractivity contribution in [1.82, 2.24) is 0 Å². The van der Waals surface area contributed by atoms with Gasteiger partial charge >= 0.3 is 0 Å². The highest BCUT2D eigenvalue weighted by molar-refractivity contribution is 5.87. The van der Waals surface area contributed by atoms with Gasteiger partial charge < -0.3 is 4.74 Å². The second kappa shape index (κ2) is 6.30. The van der Waals surface area contributed by atoms with Gasteiger partial charge in [0.25, 0.3) is 0 Å². The Bertz CT molecular complexity index is 564. The highest BCUT2D eigenvalue weighted by Crippen LogP contribution is 2.42. The Morgan fingerprint density at radius 3 is 2.57 bits per heavy atom. The van der Waals surface area contributed by atoms with Crippen LogP contribution in [0.1, 0.15) is 40.5 Å². The molecule has 0 N–H and O–H groups in total. The zero-order chi connectivity index (χ0) is 15.5. The number of allylic oxidation sites excluding steroid dienone is 3. The first-order chi connectivity index (χ1) is 9.90. The molecule has 0 heterocycles. The van der Waals surface area contributed by atoms with Crippen LogP contribution in [0.5, 0.6) is 5.75 Å². The van der Waals surface area contributed by atoms with Gasteiger partial charge in [-0.05, 0) is 61.5 Å². The van der Waals surface area contributed by atoms with Gasteiger partial charge in [-0.2, -0.15) is 0 Å². The van der Waals surface area contributed by atoms with Crippen molar-refractivity contribution in [2.75, 3.05) is 0 Å². The Labute approximate surface area is 127 Å². The second-order valence-electron chi connectivity index (χ2n) is 6.38. The minimum absolute atomic E-state index is 0.0807. The number of carbonyl (C=O) groups is 1. The normalized spacial score (nSPS) is 21.6. The van der Waals surface area contributed by atoms with Gasteiger partial charge in [0.2, 0.25) is 0 Å². The summed E-state index contributed by atoms with van der Waals surface area (Å²) in [5.41, 5.74) is 2.55. The van der Waals surface area contributed by atoms with E-state index in [1.54, 1.807) is 13.0 Å². The van der Waals surface area contributed by atoms with Crippen LogP contribution in [0.2, 0.25) is 0 Å². The highest BCUT2D eigenvalue weighted by Gasteiger charge is 2.32. The summed E-state index contributed by atoms with van der Waals surface area (Å²) in [7, 11) is 0. The fraction of sp³-hybridized carbons (Fsp3) is 0.421. The molecule has 2 nitrogen and oxygen atoms in total. The van der Waals surface area contributed by atoms with E-state index in [0.717, 1.165) is 18.6 Å². The molecule has 0 aromatic heterocycles. The van der Waals surface area contributed by atoms with Crippen LogP contribution in [-0.2, 0) is 4.79 Å². The van der Waals surface area contributed by atoms with Gasteiger partial charge in [-0.3, -0.25) is 4.79 Å². The van der Waals surface area contributed by atoms with E-state index in [1.807, 2.05) is 36.4 Å². The van der Waals surface area contributed by atoms with Crippen LogP contribution in [0.15, 0.2) is 53.6 Å². The Balaban J connectivity index is 2.28. The van der Waals surface area contributed by atoms with Crippen LogP contribution in [0.25, 0.3) is 0 Å². The first-order valence-electron chi connectivity index (χ1n) is 7.52. The fourth-order valence-corrected chi connectivity index (χ4v) is 2.92. The fourth-order valence-electron chi connectivity index (χ4n) is 2.92. The van der Waals surface area contributed by atoms with E-state index in [-0.39, 0.29) is 17.3 Å². The Hall–Kier alpha value is -1.83. The van der Waals surface area contributed by atoms with E-state index in [1.165, 1.54) is 11.1 Å². The Morgan fingerprint density at radius 2 is 1.95 bits per heavy atom. The number of benzene rings is 1. The standard InChI is InChI=1S/C19H24O2/c1-14(20)10-11-17-15(2)18(12-13-19(17,3)4)21-16-8-6-5-7-9-16/h5-11,18H,12-13H2,1-4H3. The van der Waals surface area contributed by atoms with E-state index in [4.69, 9.17) is 4.74 Å². The van der Waals surface area contributed by atoms with E-state index in [2.05, 4.69) is 20.8 Å². The van der Waals surface area contributed by atoms with Crippen LogP contribution in [-0.4, -0.2) is 11.9 Å². The number of ketones is 1. The van der Waals surface area contributed by atoms with Crippen LogP contribution in [0, 0.1) is 5.41 Å². The molecule has 112 valence electrons. The SMILES string of the molecule is CC(=O)C=CC1=C(C)C(Oc2ccccc2)CCC1(C)C. The zero-order valence-corrected chi connectivity index (χ0v) is 13.3. The molecule has 0 bridgehead atoms. The lowest BCUT2D eigenvalue weighted by molar-refractivity contribution is -0.112. The summed E-state index contributed by atoms with van der Waals surface area (Å²) in [6, 6.07) is 9.92. The lowest BCUT2D eigenvalue weighted by Crippen LogP contribution is -2.31. The van der Waals surface area contributed by atoms with E-state index in [0.29, 0.717) is 0 Å². The smallest absolute Gasteiger partial charge is 0.152 e. The first-order valence-corrected chi connectivity index (χ1v) is 7.52. The van der Waals surface area contributed by atoms with E-state index >= 15 is 0 Å². The number of hydrogen-bond acceptors (Lipinski definition) is 2. The van der Waals surface area contributed by atoms with Crippen molar-refractivity contribution in [3.63, 3.8) is 0 Å². The Morgan fingerprint density at radius 1 is 1.29 bits per heavy atom. The topological polar surface area (TPSA) is 26.3 Å². The molecule has 0 saturated carbocycles. The maximum Gasteiger partial charge on any atom is 0.152 e. The molecule has 0 fully saturated rings. The molecule has 0 aliphatic heterocycles. The predicted molar refractivity (Wildman–Crippen MR) is 86.4 cm³/mol. The molecular formula is C19H24O2. The van der Waals surface area contributed by atoms with Gasteiger partial charge in [0.15, 0.2) is 5.78 Å². The molecule has 2 heteroatoms. The van der Waals surface area contributed by atoms with Crippen molar-refractivity contribution < 1.29 is 9.53 Å². The number of ether oxygens (including phenoxy) is 1. The third kappa shape index (κ3) is 3.84. The van der Waals surface area contributed by atoms with Gasteiger partial charge in [-0.1, -0.05) is 38.1 Å². The second-order valence-corrected chi connectivity index (χ2v) is 6.38. The van der Waals surface area contributed by atoms with Crippen LogP contribution in [0.4, 0.5) is 0 Å². The third-order valence-electron chi connectivity index (χ3n) is 4.17. The van der Waals surface area contributed by atoms with Crippen molar-refractivity contribution in [2.45, 2.75) is 46.6 Å². The molecule has 0 spiro atoms. The summed E-state index contributed by atoms with van der Waals surface area (Å²) in [4.78, 5) is 11.2. The summed E-state index contributed by atoms with van der Waals surface area (Å²) in [5.74, 6) is 0.980. The van der Waals surface area contributed by atoms with Crippen molar-refractivity contribution >= 4 is 5.78 Å². The molecule has 1 unspecified atom stereocenters. The molecule has 1 aromatic rings. The zero-order valence-electron chi connectivity index (χ0n) is 13.3. The minimum atomic E-state index is 0.0807. The molecule has 21 heavy (non-hydrogen) atoms.